The lowest BCUT2D eigenvalue weighted by atomic mass is 9.90. The zero-order valence-electron chi connectivity index (χ0n) is 10.4. The molecule has 0 unspecified atom stereocenters. The number of carbonyl (C=O) groups is 1. The summed E-state index contributed by atoms with van der Waals surface area (Å²) >= 11 is 0. The van der Waals surface area contributed by atoms with Crippen molar-refractivity contribution in [3.05, 3.63) is 11.6 Å². The monoisotopic (exact) mass is 224 g/mol. The van der Waals surface area contributed by atoms with Crippen LogP contribution in [0.3, 0.4) is 0 Å². The van der Waals surface area contributed by atoms with Gasteiger partial charge in [-0.25, -0.2) is 4.98 Å². The molecular formula is C11H20N4O. The molecule has 1 rings (SSSR count). The third-order valence-corrected chi connectivity index (χ3v) is 2.75. The fourth-order valence-electron chi connectivity index (χ4n) is 1.08. The summed E-state index contributed by atoms with van der Waals surface area (Å²) in [5.74, 6) is 0.751. The summed E-state index contributed by atoms with van der Waals surface area (Å²) in [5, 5.41) is 9.43. The number of rotatable bonds is 5. The maximum Gasteiger partial charge on any atom is 0.290 e. The minimum Gasteiger partial charge on any atom is -0.349 e. The normalized spacial score (nSPS) is 11.5. The van der Waals surface area contributed by atoms with Gasteiger partial charge in [-0.15, -0.1) is 5.10 Å². The molecule has 1 heterocycles. The second-order valence-electron chi connectivity index (χ2n) is 4.66. The summed E-state index contributed by atoms with van der Waals surface area (Å²) in [4.78, 5) is 15.8. The standard InChI is InChI=1S/C11H20N4O/c1-5-8-13-9(15-14-8)10(16)12-7-11(3,4)6-2/h5-7H2,1-4H3,(H,12,16)(H,13,14,15). The molecule has 0 aliphatic rings. The third kappa shape index (κ3) is 3.32. The number of aryl methyl sites for hydroxylation is 1. The van der Waals surface area contributed by atoms with Crippen LogP contribution < -0.4 is 5.32 Å². The zero-order chi connectivity index (χ0) is 12.2. The van der Waals surface area contributed by atoms with Crippen LogP contribution in [-0.4, -0.2) is 27.6 Å². The van der Waals surface area contributed by atoms with Gasteiger partial charge in [-0.1, -0.05) is 27.7 Å². The van der Waals surface area contributed by atoms with Crippen molar-refractivity contribution in [3.8, 4) is 0 Å². The number of H-pyrrole nitrogens is 1. The Hall–Kier alpha value is -1.39. The van der Waals surface area contributed by atoms with Crippen LogP contribution in [0.1, 0.15) is 50.6 Å². The second kappa shape index (κ2) is 5.09. The molecule has 0 saturated carbocycles. The van der Waals surface area contributed by atoms with Gasteiger partial charge in [0.2, 0.25) is 5.82 Å². The predicted octanol–water partition coefficient (Wildman–Crippen LogP) is 1.53. The summed E-state index contributed by atoms with van der Waals surface area (Å²) in [6.07, 6.45) is 1.77. The predicted molar refractivity (Wildman–Crippen MR) is 62.2 cm³/mol. The summed E-state index contributed by atoms with van der Waals surface area (Å²) in [6, 6.07) is 0. The van der Waals surface area contributed by atoms with Crippen molar-refractivity contribution < 1.29 is 4.79 Å². The van der Waals surface area contributed by atoms with Crippen LogP contribution in [0.2, 0.25) is 0 Å². The molecule has 0 aliphatic carbocycles. The molecule has 5 heteroatoms. The molecule has 16 heavy (non-hydrogen) atoms. The number of carbonyl (C=O) groups excluding carboxylic acids is 1. The van der Waals surface area contributed by atoms with E-state index >= 15 is 0 Å². The van der Waals surface area contributed by atoms with Crippen LogP contribution in [0.25, 0.3) is 0 Å². The molecule has 2 N–H and O–H groups in total. The van der Waals surface area contributed by atoms with E-state index in [1.54, 1.807) is 0 Å². The quantitative estimate of drug-likeness (QED) is 0.796. The van der Waals surface area contributed by atoms with E-state index in [1.807, 2.05) is 6.92 Å². The first kappa shape index (κ1) is 12.7. The van der Waals surface area contributed by atoms with Crippen LogP contribution >= 0.6 is 0 Å². The van der Waals surface area contributed by atoms with Crippen LogP contribution in [0.15, 0.2) is 0 Å². The van der Waals surface area contributed by atoms with E-state index in [-0.39, 0.29) is 17.1 Å². The minimum atomic E-state index is -0.211. The topological polar surface area (TPSA) is 70.7 Å². The lowest BCUT2D eigenvalue weighted by Crippen LogP contribution is -2.34. The molecule has 1 aromatic rings. The van der Waals surface area contributed by atoms with Gasteiger partial charge in [0.1, 0.15) is 5.82 Å². The summed E-state index contributed by atoms with van der Waals surface area (Å²) in [5.41, 5.74) is 0.111. The number of hydrogen-bond donors (Lipinski definition) is 2. The van der Waals surface area contributed by atoms with Gasteiger partial charge in [0.25, 0.3) is 5.91 Å². The van der Waals surface area contributed by atoms with Gasteiger partial charge in [0.05, 0.1) is 0 Å². The molecule has 0 atom stereocenters. The lowest BCUT2D eigenvalue weighted by molar-refractivity contribution is 0.0925. The minimum absolute atomic E-state index is 0.111. The van der Waals surface area contributed by atoms with Crippen LogP contribution in [0, 0.1) is 5.41 Å². The zero-order valence-corrected chi connectivity index (χ0v) is 10.4. The Kier molecular flexibility index (Phi) is 4.04. The summed E-state index contributed by atoms with van der Waals surface area (Å²) in [6.45, 7) is 8.93. The Bertz CT molecular complexity index is 357. The van der Waals surface area contributed by atoms with Crippen molar-refractivity contribution in [2.75, 3.05) is 6.54 Å². The molecule has 0 aromatic carbocycles. The fourth-order valence-corrected chi connectivity index (χ4v) is 1.08. The van der Waals surface area contributed by atoms with Gasteiger partial charge < -0.3 is 5.32 Å². The van der Waals surface area contributed by atoms with E-state index in [4.69, 9.17) is 0 Å². The number of aromatic amines is 1. The summed E-state index contributed by atoms with van der Waals surface area (Å²) in [7, 11) is 0. The number of aromatic nitrogens is 3. The van der Waals surface area contributed by atoms with Crippen molar-refractivity contribution in [3.63, 3.8) is 0 Å². The van der Waals surface area contributed by atoms with Gasteiger partial charge in [-0.05, 0) is 11.8 Å². The van der Waals surface area contributed by atoms with Crippen molar-refractivity contribution in [2.45, 2.75) is 40.5 Å². The maximum absolute atomic E-state index is 11.7. The highest BCUT2D eigenvalue weighted by molar-refractivity contribution is 5.90. The second-order valence-corrected chi connectivity index (χ2v) is 4.66. The Morgan fingerprint density at radius 1 is 1.44 bits per heavy atom. The fraction of sp³-hybridized carbons (Fsp3) is 0.727. The molecule has 0 saturated heterocycles. The number of nitrogens with zero attached hydrogens (tertiary/aromatic N) is 2. The van der Waals surface area contributed by atoms with Crippen LogP contribution in [-0.2, 0) is 6.42 Å². The van der Waals surface area contributed by atoms with Crippen LogP contribution in [0.5, 0.6) is 0 Å². The van der Waals surface area contributed by atoms with Crippen molar-refractivity contribution >= 4 is 5.91 Å². The number of hydrogen-bond acceptors (Lipinski definition) is 3. The van der Waals surface area contributed by atoms with E-state index in [0.29, 0.717) is 6.54 Å². The van der Waals surface area contributed by atoms with E-state index in [2.05, 4.69) is 41.3 Å². The largest absolute Gasteiger partial charge is 0.349 e. The third-order valence-electron chi connectivity index (χ3n) is 2.75. The Morgan fingerprint density at radius 3 is 2.62 bits per heavy atom. The van der Waals surface area contributed by atoms with Crippen LogP contribution in [0.4, 0.5) is 0 Å². The first-order valence-electron chi connectivity index (χ1n) is 5.68. The molecule has 0 bridgehead atoms. The average molecular weight is 224 g/mol. The molecule has 0 spiro atoms. The first-order chi connectivity index (χ1) is 7.48. The Balaban J connectivity index is 2.53. The highest BCUT2D eigenvalue weighted by atomic mass is 16.2. The lowest BCUT2D eigenvalue weighted by Gasteiger charge is -2.22. The van der Waals surface area contributed by atoms with Crippen molar-refractivity contribution in [1.29, 1.82) is 0 Å². The molecule has 1 amide bonds. The van der Waals surface area contributed by atoms with Crippen molar-refractivity contribution in [2.24, 2.45) is 5.41 Å². The van der Waals surface area contributed by atoms with Gasteiger partial charge in [0.15, 0.2) is 0 Å². The first-order valence-corrected chi connectivity index (χ1v) is 5.68. The number of amides is 1. The average Bonchev–Trinajstić information content (AvgIpc) is 2.74. The number of nitrogens with one attached hydrogen (secondary N) is 2. The van der Waals surface area contributed by atoms with E-state index in [0.717, 1.165) is 18.7 Å². The van der Waals surface area contributed by atoms with E-state index in [1.165, 1.54) is 0 Å². The van der Waals surface area contributed by atoms with E-state index in [9.17, 15) is 4.79 Å². The van der Waals surface area contributed by atoms with Crippen molar-refractivity contribution in [1.82, 2.24) is 20.5 Å². The molecule has 0 fully saturated rings. The maximum atomic E-state index is 11.7. The Labute approximate surface area is 96.0 Å². The molecule has 1 aromatic heterocycles. The Morgan fingerprint density at radius 2 is 2.12 bits per heavy atom. The van der Waals surface area contributed by atoms with Gasteiger partial charge in [0, 0.05) is 13.0 Å². The molecule has 90 valence electrons. The van der Waals surface area contributed by atoms with Gasteiger partial charge in [-0.2, -0.15) is 0 Å². The van der Waals surface area contributed by atoms with Gasteiger partial charge in [-0.3, -0.25) is 9.89 Å². The van der Waals surface area contributed by atoms with E-state index < -0.39 is 0 Å². The highest BCUT2D eigenvalue weighted by Gasteiger charge is 2.18. The summed E-state index contributed by atoms with van der Waals surface area (Å²) < 4.78 is 0. The smallest absolute Gasteiger partial charge is 0.290 e. The molecular weight excluding hydrogens is 204 g/mol. The van der Waals surface area contributed by atoms with Gasteiger partial charge >= 0.3 is 0 Å². The SMILES string of the molecule is CCc1nc(C(=O)NCC(C)(C)CC)n[nH]1. The molecule has 5 nitrogen and oxygen atoms in total. The highest BCUT2D eigenvalue weighted by Crippen LogP contribution is 2.17. The molecule has 0 aliphatic heterocycles. The molecule has 0 radical (unpaired) electrons.